The summed E-state index contributed by atoms with van der Waals surface area (Å²) < 4.78 is 14.1. The predicted molar refractivity (Wildman–Crippen MR) is 132 cm³/mol. The molecule has 34 heavy (non-hydrogen) atoms. The molecule has 3 aromatic rings. The summed E-state index contributed by atoms with van der Waals surface area (Å²) >= 11 is 5.98. The van der Waals surface area contributed by atoms with Gasteiger partial charge in [0.2, 0.25) is 0 Å². The van der Waals surface area contributed by atoms with Gasteiger partial charge in [-0.25, -0.2) is 4.39 Å². The van der Waals surface area contributed by atoms with E-state index in [9.17, 15) is 19.1 Å². The lowest BCUT2D eigenvalue weighted by Gasteiger charge is -2.32. The van der Waals surface area contributed by atoms with Crippen LogP contribution in [0.3, 0.4) is 0 Å². The number of aromatic nitrogens is 1. The third kappa shape index (κ3) is 5.05. The van der Waals surface area contributed by atoms with E-state index in [4.69, 9.17) is 11.6 Å². The Bertz CT molecular complexity index is 1220. The van der Waals surface area contributed by atoms with Crippen molar-refractivity contribution in [2.45, 2.75) is 57.7 Å². The molecule has 0 amide bonds. The Hall–Kier alpha value is -3.03. The molecule has 0 radical (unpaired) electrons. The number of benzene rings is 2. The van der Waals surface area contributed by atoms with E-state index in [-0.39, 0.29) is 22.9 Å². The maximum absolute atomic E-state index is 14.1. The van der Waals surface area contributed by atoms with Crippen LogP contribution in [0.25, 0.3) is 22.0 Å². The molecule has 1 aromatic heterocycles. The van der Waals surface area contributed by atoms with Crippen LogP contribution < -0.4 is 10.6 Å². The summed E-state index contributed by atoms with van der Waals surface area (Å²) in [5.41, 5.74) is 3.11. The van der Waals surface area contributed by atoms with Crippen LogP contribution in [0.1, 0.15) is 49.9 Å². The Labute approximate surface area is 202 Å². The van der Waals surface area contributed by atoms with Crippen molar-refractivity contribution in [1.29, 1.82) is 0 Å². The minimum Gasteiger partial charge on any atom is -0.504 e. The second-order valence-electron chi connectivity index (χ2n) is 8.91. The van der Waals surface area contributed by atoms with Crippen LogP contribution in [-0.4, -0.2) is 40.3 Å². The van der Waals surface area contributed by atoms with Crippen molar-refractivity contribution in [2.75, 3.05) is 5.32 Å². The molecular formula is C26H27ClFN3O3. The number of carbonyl (C=O) groups is 2. The van der Waals surface area contributed by atoms with Crippen molar-refractivity contribution in [3.63, 3.8) is 0 Å². The number of ketones is 1. The van der Waals surface area contributed by atoms with Gasteiger partial charge in [0.25, 0.3) is 0 Å². The normalized spacial score (nSPS) is 19.1. The largest absolute Gasteiger partial charge is 0.504 e. The summed E-state index contributed by atoms with van der Waals surface area (Å²) in [5.74, 6) is -1.48. The van der Waals surface area contributed by atoms with Crippen LogP contribution in [0.5, 0.6) is 5.75 Å². The molecule has 178 valence electrons. The number of fused-ring (bicyclic) bond motifs is 1. The Morgan fingerprint density at radius 3 is 2.53 bits per heavy atom. The predicted octanol–water partition coefficient (Wildman–Crippen LogP) is 5.50. The van der Waals surface area contributed by atoms with Crippen LogP contribution in [0.15, 0.2) is 36.5 Å². The minimum absolute atomic E-state index is 0.0710. The lowest BCUT2D eigenvalue weighted by atomic mass is 9.90. The first kappa shape index (κ1) is 24.1. The van der Waals surface area contributed by atoms with Crippen molar-refractivity contribution in [3.05, 3.63) is 52.9 Å². The fraction of sp³-hybridized carbons (Fsp3) is 0.346. The molecule has 1 atom stereocenters. The molecule has 2 aromatic carbocycles. The number of rotatable bonds is 7. The average Bonchev–Trinajstić information content (AvgIpc) is 2.83. The third-order valence-corrected chi connectivity index (χ3v) is 6.66. The van der Waals surface area contributed by atoms with Crippen molar-refractivity contribution in [1.82, 2.24) is 10.3 Å². The topological polar surface area (TPSA) is 91.3 Å². The summed E-state index contributed by atoms with van der Waals surface area (Å²) in [5, 5.41) is 17.3. The highest BCUT2D eigenvalue weighted by molar-refractivity contribution is 6.32. The van der Waals surface area contributed by atoms with Crippen LogP contribution in [0, 0.1) is 5.82 Å². The fourth-order valence-corrected chi connectivity index (χ4v) is 4.75. The number of hydrogen-bond donors (Lipinski definition) is 3. The number of carbonyl (C=O) groups excluding carboxylic acids is 2. The molecular weight excluding hydrogens is 457 g/mol. The summed E-state index contributed by atoms with van der Waals surface area (Å²) in [7, 11) is 0. The van der Waals surface area contributed by atoms with E-state index in [0.717, 1.165) is 37.4 Å². The summed E-state index contributed by atoms with van der Waals surface area (Å²) in [4.78, 5) is 27.8. The highest BCUT2D eigenvalue weighted by Gasteiger charge is 2.24. The Morgan fingerprint density at radius 1 is 1.18 bits per heavy atom. The second kappa shape index (κ2) is 10.1. The standard InChI is InChI=1S/C26H27ClFN3O3/c1-14(13-32)30-18-4-6-19(7-5-18)31-25-20-9-16(17-10-22(27)26(34)23(28)11-17)3-8-24(20)29-12-21(25)15(2)33/h3,8-14,18-19,30,34H,4-7H2,1-2H3,(H,29,31)/t14-,18-,19-/m0/s1. The van der Waals surface area contributed by atoms with E-state index in [0.29, 0.717) is 33.9 Å². The van der Waals surface area contributed by atoms with Crippen molar-refractivity contribution in [2.24, 2.45) is 0 Å². The minimum atomic E-state index is -0.800. The number of nitrogens with zero attached hydrogens (tertiary/aromatic N) is 1. The number of aldehydes is 1. The van der Waals surface area contributed by atoms with Gasteiger partial charge in [0, 0.05) is 23.7 Å². The molecule has 3 N–H and O–H groups in total. The zero-order valence-corrected chi connectivity index (χ0v) is 19.8. The quantitative estimate of drug-likeness (QED) is 0.303. The first-order valence-electron chi connectivity index (χ1n) is 11.4. The van der Waals surface area contributed by atoms with Gasteiger partial charge in [0.1, 0.15) is 6.29 Å². The number of halogens is 2. The van der Waals surface area contributed by atoms with E-state index in [2.05, 4.69) is 15.6 Å². The molecule has 6 nitrogen and oxygen atoms in total. The highest BCUT2D eigenvalue weighted by atomic mass is 35.5. The number of phenols is 1. The molecule has 0 spiro atoms. The molecule has 8 heteroatoms. The smallest absolute Gasteiger partial charge is 0.170 e. The maximum atomic E-state index is 14.1. The van der Waals surface area contributed by atoms with Gasteiger partial charge in [0.15, 0.2) is 17.3 Å². The Kier molecular flexibility index (Phi) is 7.14. The van der Waals surface area contributed by atoms with E-state index < -0.39 is 11.6 Å². The lowest BCUT2D eigenvalue weighted by Crippen LogP contribution is -2.41. The van der Waals surface area contributed by atoms with E-state index >= 15 is 0 Å². The molecule has 1 aliphatic carbocycles. The van der Waals surface area contributed by atoms with Gasteiger partial charge in [-0.15, -0.1) is 0 Å². The highest BCUT2D eigenvalue weighted by Crippen LogP contribution is 2.36. The SMILES string of the molecule is CC(=O)c1cnc2ccc(-c3cc(F)c(O)c(Cl)c3)cc2c1N[C@H]1CC[C@H](N[C@@H](C)C=O)CC1. The lowest BCUT2D eigenvalue weighted by molar-refractivity contribution is -0.109. The Morgan fingerprint density at radius 2 is 1.88 bits per heavy atom. The summed E-state index contributed by atoms with van der Waals surface area (Å²) in [6.45, 7) is 3.36. The number of anilines is 1. The summed E-state index contributed by atoms with van der Waals surface area (Å²) in [6, 6.07) is 8.51. The summed E-state index contributed by atoms with van der Waals surface area (Å²) in [6.07, 6.45) is 6.13. The number of nitrogens with one attached hydrogen (secondary N) is 2. The van der Waals surface area contributed by atoms with Crippen LogP contribution in [0.2, 0.25) is 5.02 Å². The molecule has 0 saturated heterocycles. The first-order chi connectivity index (χ1) is 16.3. The molecule has 0 unspecified atom stereocenters. The molecule has 1 saturated carbocycles. The number of phenolic OH excluding ortho intramolecular Hbond substituents is 1. The molecule has 0 bridgehead atoms. The van der Waals surface area contributed by atoms with Crippen molar-refractivity contribution >= 4 is 40.3 Å². The van der Waals surface area contributed by atoms with Gasteiger partial charge in [-0.1, -0.05) is 17.7 Å². The number of hydrogen-bond acceptors (Lipinski definition) is 6. The molecule has 1 fully saturated rings. The van der Waals surface area contributed by atoms with Gasteiger partial charge in [-0.3, -0.25) is 9.78 Å². The molecule has 1 aliphatic rings. The van der Waals surface area contributed by atoms with Gasteiger partial charge in [-0.2, -0.15) is 0 Å². The third-order valence-electron chi connectivity index (χ3n) is 6.38. The zero-order valence-electron chi connectivity index (χ0n) is 19.1. The average molecular weight is 484 g/mol. The van der Waals surface area contributed by atoms with Crippen molar-refractivity contribution in [3.8, 4) is 16.9 Å². The van der Waals surface area contributed by atoms with Crippen LogP contribution in [-0.2, 0) is 4.79 Å². The van der Waals surface area contributed by atoms with Gasteiger partial charge < -0.3 is 20.5 Å². The first-order valence-corrected chi connectivity index (χ1v) is 11.7. The van der Waals surface area contributed by atoms with E-state index in [1.807, 2.05) is 19.1 Å². The van der Waals surface area contributed by atoms with E-state index in [1.165, 1.54) is 19.1 Å². The fourth-order valence-electron chi connectivity index (χ4n) is 4.55. The molecule has 1 heterocycles. The van der Waals surface area contributed by atoms with E-state index in [1.54, 1.807) is 12.3 Å². The maximum Gasteiger partial charge on any atom is 0.170 e. The monoisotopic (exact) mass is 483 g/mol. The second-order valence-corrected chi connectivity index (χ2v) is 9.31. The van der Waals surface area contributed by atoms with Gasteiger partial charge in [-0.05, 0) is 74.9 Å². The Balaban J connectivity index is 1.68. The van der Waals surface area contributed by atoms with Gasteiger partial charge in [0.05, 0.1) is 27.8 Å². The molecule has 0 aliphatic heterocycles. The number of aromatic hydroxyl groups is 1. The zero-order chi connectivity index (χ0) is 24.4. The number of pyridine rings is 1. The molecule has 4 rings (SSSR count). The van der Waals surface area contributed by atoms with Gasteiger partial charge >= 0.3 is 0 Å². The van der Waals surface area contributed by atoms with Crippen molar-refractivity contribution < 1.29 is 19.1 Å². The van der Waals surface area contributed by atoms with Crippen LogP contribution >= 0.6 is 11.6 Å². The number of Topliss-reactive ketones (excluding diaryl/α,β-unsaturated/α-hetero) is 1. The van der Waals surface area contributed by atoms with Crippen LogP contribution in [0.4, 0.5) is 10.1 Å².